The van der Waals surface area contributed by atoms with Crippen LogP contribution in [0.25, 0.3) is 33.7 Å². The zero-order valence-electron chi connectivity index (χ0n) is 22.1. The molecule has 0 saturated carbocycles. The van der Waals surface area contributed by atoms with E-state index in [-0.39, 0.29) is 11.2 Å². The van der Waals surface area contributed by atoms with Gasteiger partial charge in [-0.1, -0.05) is 24.3 Å². The van der Waals surface area contributed by atoms with Crippen LogP contribution in [-0.4, -0.2) is 74.2 Å². The van der Waals surface area contributed by atoms with E-state index in [9.17, 15) is 14.7 Å². The Balaban J connectivity index is 1.46. The molecule has 1 aliphatic heterocycles. The number of carbonyl (C=O) groups is 1. The third-order valence-corrected chi connectivity index (χ3v) is 6.94. The molecule has 1 unspecified atom stereocenters. The van der Waals surface area contributed by atoms with Gasteiger partial charge in [0.1, 0.15) is 23.9 Å². The SMILES string of the molecule is CCOc1cc(-c2ccc(OCCN3CCCC3)c(CC(C)C(=O)O)c2)ccc1-c1nc2[nH]nnc2c(=O)[nH]1. The van der Waals surface area contributed by atoms with Crippen molar-refractivity contribution in [2.45, 2.75) is 33.1 Å². The largest absolute Gasteiger partial charge is 0.493 e. The van der Waals surface area contributed by atoms with Gasteiger partial charge < -0.3 is 19.6 Å². The number of H-pyrrole nitrogens is 2. The standard InChI is InChI=1S/C28H32N6O5/c1-3-38-23-16-19(6-8-21(23)25-29-26-24(27(35)30-25)31-33-32-26)18-7-9-22(20(15-18)14-17(2)28(36)37)39-13-12-34-10-4-5-11-34/h6-9,15-17H,3-5,10-14H2,1-2H3,(H,36,37)(H2,29,30,31,32,33,35). The summed E-state index contributed by atoms with van der Waals surface area (Å²) in [5.41, 5.74) is 3.27. The zero-order chi connectivity index (χ0) is 27.4. The second kappa shape index (κ2) is 11.6. The van der Waals surface area contributed by atoms with Crippen molar-refractivity contribution in [1.29, 1.82) is 0 Å². The molecule has 0 radical (unpaired) electrons. The second-order valence-electron chi connectivity index (χ2n) is 9.73. The number of benzene rings is 2. The lowest BCUT2D eigenvalue weighted by Gasteiger charge is -2.18. The van der Waals surface area contributed by atoms with Gasteiger partial charge in [-0.25, -0.2) is 10.1 Å². The molecular formula is C28H32N6O5. The Hall–Kier alpha value is -4.25. The highest BCUT2D eigenvalue weighted by atomic mass is 16.5. The zero-order valence-corrected chi connectivity index (χ0v) is 22.1. The molecule has 1 atom stereocenters. The average Bonchev–Trinajstić information content (AvgIpc) is 3.62. The normalized spacial score (nSPS) is 14.5. The number of carboxylic acid groups (broad SMARTS) is 1. The molecule has 2 aromatic carbocycles. The molecule has 1 aliphatic rings. The van der Waals surface area contributed by atoms with Crippen LogP contribution in [0.15, 0.2) is 41.2 Å². The molecular weight excluding hydrogens is 500 g/mol. The third-order valence-electron chi connectivity index (χ3n) is 6.94. The number of rotatable bonds is 11. The van der Waals surface area contributed by atoms with Crippen LogP contribution < -0.4 is 15.0 Å². The van der Waals surface area contributed by atoms with E-state index in [1.807, 2.05) is 43.3 Å². The van der Waals surface area contributed by atoms with Crippen LogP contribution >= 0.6 is 0 Å². The Morgan fingerprint density at radius 2 is 1.87 bits per heavy atom. The van der Waals surface area contributed by atoms with Gasteiger partial charge in [0.25, 0.3) is 5.56 Å². The Kier molecular flexibility index (Phi) is 7.87. The lowest BCUT2D eigenvalue weighted by Crippen LogP contribution is -2.25. The van der Waals surface area contributed by atoms with E-state index in [1.165, 1.54) is 12.8 Å². The lowest BCUT2D eigenvalue weighted by atomic mass is 9.95. The maximum atomic E-state index is 12.4. The van der Waals surface area contributed by atoms with Crippen molar-refractivity contribution in [2.24, 2.45) is 5.92 Å². The van der Waals surface area contributed by atoms with E-state index in [1.54, 1.807) is 6.92 Å². The van der Waals surface area contributed by atoms with Crippen LogP contribution in [0.5, 0.6) is 11.5 Å². The van der Waals surface area contributed by atoms with Crippen molar-refractivity contribution in [2.75, 3.05) is 32.8 Å². The van der Waals surface area contributed by atoms with Crippen LogP contribution in [0.3, 0.4) is 0 Å². The van der Waals surface area contributed by atoms with E-state index < -0.39 is 17.4 Å². The topological polar surface area (TPSA) is 146 Å². The van der Waals surface area contributed by atoms with E-state index in [0.717, 1.165) is 36.3 Å². The van der Waals surface area contributed by atoms with Gasteiger partial charge in [-0.2, -0.15) is 0 Å². The van der Waals surface area contributed by atoms with Crippen molar-refractivity contribution < 1.29 is 19.4 Å². The predicted molar refractivity (Wildman–Crippen MR) is 146 cm³/mol. The molecule has 1 saturated heterocycles. The summed E-state index contributed by atoms with van der Waals surface area (Å²) in [6.07, 6.45) is 2.79. The van der Waals surface area contributed by atoms with Gasteiger partial charge >= 0.3 is 5.97 Å². The van der Waals surface area contributed by atoms with Crippen LogP contribution in [0, 0.1) is 5.92 Å². The number of hydrogen-bond donors (Lipinski definition) is 3. The van der Waals surface area contributed by atoms with Crippen LogP contribution in [0.1, 0.15) is 32.3 Å². The second-order valence-corrected chi connectivity index (χ2v) is 9.73. The number of aromatic amines is 2. The maximum absolute atomic E-state index is 12.4. The summed E-state index contributed by atoms with van der Waals surface area (Å²) >= 11 is 0. The summed E-state index contributed by atoms with van der Waals surface area (Å²) in [5, 5.41) is 19.6. The first kappa shape index (κ1) is 26.4. The molecule has 204 valence electrons. The Bertz CT molecular complexity index is 1520. The third kappa shape index (κ3) is 5.93. The van der Waals surface area contributed by atoms with Crippen molar-refractivity contribution in [1.82, 2.24) is 30.3 Å². The number of ether oxygens (including phenoxy) is 2. The summed E-state index contributed by atoms with van der Waals surface area (Å²) in [6, 6.07) is 11.5. The maximum Gasteiger partial charge on any atom is 0.306 e. The molecule has 11 heteroatoms. The number of nitrogens with zero attached hydrogens (tertiary/aromatic N) is 4. The molecule has 5 rings (SSSR count). The van der Waals surface area contributed by atoms with Gasteiger partial charge in [0.2, 0.25) is 0 Å². The molecule has 1 fully saturated rings. The summed E-state index contributed by atoms with van der Waals surface area (Å²) in [6.45, 7) is 7.60. The number of fused-ring (bicyclic) bond motifs is 1. The van der Waals surface area contributed by atoms with Gasteiger partial charge in [0.05, 0.1) is 18.1 Å². The van der Waals surface area contributed by atoms with E-state index in [4.69, 9.17) is 9.47 Å². The van der Waals surface area contributed by atoms with Gasteiger partial charge in [-0.05, 0) is 80.2 Å². The minimum absolute atomic E-state index is 0.138. The number of aliphatic carboxylic acids is 1. The lowest BCUT2D eigenvalue weighted by molar-refractivity contribution is -0.141. The molecule has 2 aromatic heterocycles. The number of hydrogen-bond acceptors (Lipinski definition) is 8. The molecule has 39 heavy (non-hydrogen) atoms. The highest BCUT2D eigenvalue weighted by Crippen LogP contribution is 2.35. The number of aromatic nitrogens is 5. The average molecular weight is 533 g/mol. The van der Waals surface area contributed by atoms with Gasteiger partial charge in [-0.3, -0.25) is 14.5 Å². The number of likely N-dealkylation sites (tertiary alicyclic amines) is 1. The Morgan fingerprint density at radius 3 is 2.64 bits per heavy atom. The van der Waals surface area contributed by atoms with Crippen molar-refractivity contribution in [3.05, 3.63) is 52.3 Å². The van der Waals surface area contributed by atoms with Gasteiger partial charge in [0, 0.05) is 6.54 Å². The molecule has 0 aliphatic carbocycles. The number of nitrogens with one attached hydrogen (secondary N) is 2. The molecule has 3 heterocycles. The molecule has 4 aromatic rings. The van der Waals surface area contributed by atoms with E-state index >= 15 is 0 Å². The number of carboxylic acids is 1. The van der Waals surface area contributed by atoms with Crippen LogP contribution in [-0.2, 0) is 11.2 Å². The summed E-state index contributed by atoms with van der Waals surface area (Å²) in [7, 11) is 0. The summed E-state index contributed by atoms with van der Waals surface area (Å²) < 4.78 is 12.1. The Morgan fingerprint density at radius 1 is 1.10 bits per heavy atom. The molecule has 0 spiro atoms. The van der Waals surface area contributed by atoms with Crippen LogP contribution in [0.4, 0.5) is 0 Å². The molecule has 3 N–H and O–H groups in total. The quantitative estimate of drug-likeness (QED) is 0.264. The van der Waals surface area contributed by atoms with E-state index in [2.05, 4.69) is 30.3 Å². The van der Waals surface area contributed by atoms with Crippen molar-refractivity contribution >= 4 is 17.1 Å². The fourth-order valence-electron chi connectivity index (χ4n) is 4.83. The van der Waals surface area contributed by atoms with Gasteiger partial charge in [0.15, 0.2) is 11.2 Å². The first-order chi connectivity index (χ1) is 18.9. The van der Waals surface area contributed by atoms with Crippen LogP contribution in [0.2, 0.25) is 0 Å². The predicted octanol–water partition coefficient (Wildman–Crippen LogP) is 3.51. The first-order valence-corrected chi connectivity index (χ1v) is 13.2. The fraction of sp³-hybridized carbons (Fsp3) is 0.393. The molecule has 0 bridgehead atoms. The summed E-state index contributed by atoms with van der Waals surface area (Å²) in [4.78, 5) is 33.6. The summed E-state index contributed by atoms with van der Waals surface area (Å²) in [5.74, 6) is 0.188. The highest BCUT2D eigenvalue weighted by molar-refractivity contribution is 5.77. The minimum atomic E-state index is -0.850. The smallest absolute Gasteiger partial charge is 0.306 e. The molecule has 0 amide bonds. The fourth-order valence-corrected chi connectivity index (χ4v) is 4.83. The van der Waals surface area contributed by atoms with Crippen molar-refractivity contribution in [3.63, 3.8) is 0 Å². The minimum Gasteiger partial charge on any atom is -0.493 e. The van der Waals surface area contributed by atoms with Gasteiger partial charge in [-0.15, -0.1) is 5.10 Å². The van der Waals surface area contributed by atoms with E-state index in [0.29, 0.717) is 42.5 Å². The highest BCUT2D eigenvalue weighted by Gasteiger charge is 2.18. The van der Waals surface area contributed by atoms with Crippen molar-refractivity contribution in [3.8, 4) is 34.0 Å². The first-order valence-electron chi connectivity index (χ1n) is 13.2. The Labute approximate surface area is 225 Å². The monoisotopic (exact) mass is 532 g/mol. The molecule has 11 nitrogen and oxygen atoms in total.